The van der Waals surface area contributed by atoms with Crippen LogP contribution in [-0.2, 0) is 6.54 Å². The summed E-state index contributed by atoms with van der Waals surface area (Å²) in [4.78, 5) is 17.2. The van der Waals surface area contributed by atoms with Crippen LogP contribution in [0.1, 0.15) is 15.9 Å². The van der Waals surface area contributed by atoms with E-state index in [9.17, 15) is 4.79 Å². The fourth-order valence-electron chi connectivity index (χ4n) is 3.74. The highest BCUT2D eigenvalue weighted by atomic mass is 35.5. The smallest absolute Gasteiger partial charge is 0.257 e. The van der Waals surface area contributed by atoms with Gasteiger partial charge in [-0.25, -0.2) is 0 Å². The number of benzene rings is 3. The van der Waals surface area contributed by atoms with Crippen molar-refractivity contribution in [2.45, 2.75) is 6.54 Å². The molecule has 1 heterocycles. The van der Waals surface area contributed by atoms with Gasteiger partial charge in [-0.3, -0.25) is 15.0 Å². The molecule has 0 saturated carbocycles. The summed E-state index contributed by atoms with van der Waals surface area (Å²) in [6, 6.07) is 23.3. The van der Waals surface area contributed by atoms with Crippen LogP contribution in [0.2, 0.25) is 10.0 Å². The molecule has 3 aromatic carbocycles. The van der Waals surface area contributed by atoms with Crippen LogP contribution in [0.4, 0.5) is 11.4 Å². The van der Waals surface area contributed by atoms with E-state index in [1.165, 1.54) is 17.3 Å². The summed E-state index contributed by atoms with van der Waals surface area (Å²) in [7, 11) is 0. The van der Waals surface area contributed by atoms with Crippen LogP contribution < -0.4 is 15.5 Å². The standard InChI is InChI=1S/C25H24Cl2N4OS/c26-22-11-6-19(16-23(22)27)24(32)29-25(33)28-20-7-9-21(10-8-20)31-14-12-30(13-15-31)17-18-4-2-1-3-5-18/h1-11,16H,12-15,17H2,(H2,28,29,32,33). The van der Waals surface area contributed by atoms with Gasteiger partial charge in [0.1, 0.15) is 0 Å². The highest BCUT2D eigenvalue weighted by Gasteiger charge is 2.17. The zero-order valence-corrected chi connectivity index (χ0v) is 20.3. The van der Waals surface area contributed by atoms with Gasteiger partial charge in [0.2, 0.25) is 0 Å². The summed E-state index contributed by atoms with van der Waals surface area (Å²) < 4.78 is 0. The average molecular weight is 499 g/mol. The van der Waals surface area contributed by atoms with Crippen molar-refractivity contribution in [2.75, 3.05) is 36.4 Å². The first-order valence-electron chi connectivity index (χ1n) is 10.7. The van der Waals surface area contributed by atoms with E-state index in [-0.39, 0.29) is 11.0 Å². The number of nitrogens with zero attached hydrogens (tertiary/aromatic N) is 2. The van der Waals surface area contributed by atoms with Gasteiger partial charge in [-0.2, -0.15) is 0 Å². The number of hydrogen-bond acceptors (Lipinski definition) is 4. The number of thiocarbonyl (C=S) groups is 1. The molecule has 0 atom stereocenters. The van der Waals surface area contributed by atoms with E-state index in [0.717, 1.165) is 38.4 Å². The van der Waals surface area contributed by atoms with Crippen molar-refractivity contribution in [1.29, 1.82) is 0 Å². The SMILES string of the molecule is O=C(NC(=S)Nc1ccc(N2CCN(Cc3ccccc3)CC2)cc1)c1ccc(Cl)c(Cl)c1. The lowest BCUT2D eigenvalue weighted by Crippen LogP contribution is -2.45. The average Bonchev–Trinajstić information content (AvgIpc) is 2.82. The first-order chi connectivity index (χ1) is 16.0. The maximum absolute atomic E-state index is 12.4. The van der Waals surface area contributed by atoms with Crippen LogP contribution in [0.25, 0.3) is 0 Å². The summed E-state index contributed by atoms with van der Waals surface area (Å²) >= 11 is 17.2. The van der Waals surface area contributed by atoms with Gasteiger partial charge in [0, 0.05) is 49.7 Å². The van der Waals surface area contributed by atoms with E-state index in [1.54, 1.807) is 12.1 Å². The molecule has 1 aliphatic heterocycles. The predicted octanol–water partition coefficient (Wildman–Crippen LogP) is 5.44. The second-order valence-corrected chi connectivity index (χ2v) is 9.06. The predicted molar refractivity (Wildman–Crippen MR) is 141 cm³/mol. The monoisotopic (exact) mass is 498 g/mol. The maximum atomic E-state index is 12.4. The molecule has 0 bridgehead atoms. The van der Waals surface area contributed by atoms with Crippen LogP contribution in [0, 0.1) is 0 Å². The molecular weight excluding hydrogens is 475 g/mol. The lowest BCUT2D eigenvalue weighted by atomic mass is 10.2. The van der Waals surface area contributed by atoms with E-state index in [0.29, 0.717) is 15.6 Å². The van der Waals surface area contributed by atoms with Crippen molar-refractivity contribution < 1.29 is 4.79 Å². The summed E-state index contributed by atoms with van der Waals surface area (Å²) in [6.45, 7) is 5.01. The third-order valence-electron chi connectivity index (χ3n) is 5.52. The number of carbonyl (C=O) groups excluding carboxylic acids is 1. The van der Waals surface area contributed by atoms with Gasteiger partial charge in [-0.05, 0) is 60.2 Å². The summed E-state index contributed by atoms with van der Waals surface area (Å²) in [6.07, 6.45) is 0. The molecule has 8 heteroatoms. The Labute approximate surface area is 209 Å². The zero-order valence-electron chi connectivity index (χ0n) is 17.9. The molecule has 1 amide bonds. The largest absolute Gasteiger partial charge is 0.369 e. The molecule has 170 valence electrons. The number of halogens is 2. The Morgan fingerprint density at radius 1 is 0.879 bits per heavy atom. The van der Waals surface area contributed by atoms with E-state index in [2.05, 4.69) is 62.9 Å². The fraction of sp³-hybridized carbons (Fsp3) is 0.200. The van der Waals surface area contributed by atoms with Gasteiger partial charge in [0.15, 0.2) is 5.11 Å². The Balaban J connectivity index is 1.26. The normalized spacial score (nSPS) is 14.1. The minimum Gasteiger partial charge on any atom is -0.369 e. The zero-order chi connectivity index (χ0) is 23.2. The van der Waals surface area contributed by atoms with Crippen molar-refractivity contribution in [1.82, 2.24) is 10.2 Å². The maximum Gasteiger partial charge on any atom is 0.257 e. The molecule has 5 nitrogen and oxygen atoms in total. The molecular formula is C25H24Cl2N4OS. The molecule has 4 rings (SSSR count). The molecule has 0 aromatic heterocycles. The Morgan fingerprint density at radius 3 is 2.24 bits per heavy atom. The summed E-state index contributed by atoms with van der Waals surface area (Å²) in [5, 5.41) is 6.63. The van der Waals surface area contributed by atoms with Gasteiger partial charge >= 0.3 is 0 Å². The van der Waals surface area contributed by atoms with Crippen LogP contribution in [0.3, 0.4) is 0 Å². The molecule has 3 aromatic rings. The quantitative estimate of drug-likeness (QED) is 0.458. The number of piperazine rings is 1. The number of hydrogen-bond donors (Lipinski definition) is 2. The van der Waals surface area contributed by atoms with Crippen molar-refractivity contribution in [3.8, 4) is 0 Å². The lowest BCUT2D eigenvalue weighted by Gasteiger charge is -2.36. The first kappa shape index (κ1) is 23.5. The Kier molecular flexibility index (Phi) is 7.83. The number of anilines is 2. The van der Waals surface area contributed by atoms with E-state index >= 15 is 0 Å². The van der Waals surface area contributed by atoms with Crippen LogP contribution in [0.5, 0.6) is 0 Å². The third-order valence-corrected chi connectivity index (χ3v) is 6.46. The minimum absolute atomic E-state index is 0.216. The lowest BCUT2D eigenvalue weighted by molar-refractivity contribution is 0.0977. The molecule has 0 radical (unpaired) electrons. The Morgan fingerprint density at radius 2 is 1.58 bits per heavy atom. The third kappa shape index (κ3) is 6.45. The Bertz CT molecular complexity index is 1120. The number of nitrogens with one attached hydrogen (secondary N) is 2. The molecule has 1 saturated heterocycles. The van der Waals surface area contributed by atoms with Crippen molar-refractivity contribution in [2.24, 2.45) is 0 Å². The minimum atomic E-state index is -0.351. The van der Waals surface area contributed by atoms with Gasteiger partial charge in [0.05, 0.1) is 10.0 Å². The van der Waals surface area contributed by atoms with Crippen molar-refractivity contribution >= 4 is 57.8 Å². The van der Waals surface area contributed by atoms with E-state index < -0.39 is 0 Å². The van der Waals surface area contributed by atoms with Crippen molar-refractivity contribution in [3.63, 3.8) is 0 Å². The van der Waals surface area contributed by atoms with Crippen LogP contribution >= 0.6 is 35.4 Å². The van der Waals surface area contributed by atoms with Crippen molar-refractivity contribution in [3.05, 3.63) is 94.0 Å². The van der Waals surface area contributed by atoms with E-state index in [1.807, 2.05) is 12.1 Å². The van der Waals surface area contributed by atoms with Gasteiger partial charge in [0.25, 0.3) is 5.91 Å². The van der Waals surface area contributed by atoms with Gasteiger partial charge < -0.3 is 10.2 Å². The second kappa shape index (κ2) is 11.0. The number of rotatable bonds is 5. The molecule has 1 aliphatic rings. The Hall–Kier alpha value is -2.64. The first-order valence-corrected chi connectivity index (χ1v) is 11.8. The van der Waals surface area contributed by atoms with Gasteiger partial charge in [-0.15, -0.1) is 0 Å². The molecule has 0 spiro atoms. The van der Waals surface area contributed by atoms with E-state index in [4.69, 9.17) is 35.4 Å². The van der Waals surface area contributed by atoms with Crippen LogP contribution in [-0.4, -0.2) is 42.1 Å². The number of carbonyl (C=O) groups is 1. The molecule has 2 N–H and O–H groups in total. The summed E-state index contributed by atoms with van der Waals surface area (Å²) in [5.41, 5.74) is 3.71. The second-order valence-electron chi connectivity index (χ2n) is 7.83. The fourth-order valence-corrected chi connectivity index (χ4v) is 4.25. The highest BCUT2D eigenvalue weighted by molar-refractivity contribution is 7.80. The van der Waals surface area contributed by atoms with Gasteiger partial charge in [-0.1, -0.05) is 53.5 Å². The number of amides is 1. The molecule has 1 fully saturated rings. The highest BCUT2D eigenvalue weighted by Crippen LogP contribution is 2.23. The van der Waals surface area contributed by atoms with Crippen LogP contribution in [0.15, 0.2) is 72.8 Å². The summed E-state index contributed by atoms with van der Waals surface area (Å²) in [5.74, 6) is -0.351. The molecule has 0 unspecified atom stereocenters. The molecule has 0 aliphatic carbocycles. The topological polar surface area (TPSA) is 47.6 Å². The molecule has 33 heavy (non-hydrogen) atoms.